The van der Waals surface area contributed by atoms with Crippen molar-refractivity contribution in [1.29, 1.82) is 0 Å². The van der Waals surface area contributed by atoms with Gasteiger partial charge < -0.3 is 23.5 Å². The molecule has 2 aliphatic heterocycles. The van der Waals surface area contributed by atoms with Crippen molar-refractivity contribution >= 4 is 118 Å². The molecule has 0 atom stereocenters. The smallest absolute Gasteiger partial charge is 0.252 e. The number of benzene rings is 11. The van der Waals surface area contributed by atoms with Crippen molar-refractivity contribution in [3.8, 4) is 22.3 Å². The predicted molar refractivity (Wildman–Crippen MR) is 375 cm³/mol. The molecule has 2 aromatic heterocycles. The van der Waals surface area contributed by atoms with Gasteiger partial charge >= 0.3 is 0 Å². The predicted octanol–water partition coefficient (Wildman–Crippen LogP) is 21.6. The van der Waals surface area contributed by atoms with Crippen LogP contribution >= 0.6 is 0 Å². The normalized spacial score (nSPS) is 13.4. The first-order chi connectivity index (χ1) is 42.2. The molecule has 88 heavy (non-hydrogen) atoms. The van der Waals surface area contributed by atoms with Gasteiger partial charge in [0.05, 0.1) is 0 Å². The molecule has 0 fully saturated rings. The molecule has 6 heteroatoms. The molecule has 0 bridgehead atoms. The molecule has 15 rings (SSSR count). The fraction of sp³-hybridized carbons (Fsp3) is 0.195. The summed E-state index contributed by atoms with van der Waals surface area (Å²) in [5.41, 5.74) is 27.0. The molecule has 5 nitrogen and oxygen atoms in total. The summed E-state index contributed by atoms with van der Waals surface area (Å²) in [4.78, 5) is 7.60. The molecule has 0 radical (unpaired) electrons. The lowest BCUT2D eigenvalue weighted by Crippen LogP contribution is -2.61. The van der Waals surface area contributed by atoms with Crippen molar-refractivity contribution in [1.82, 2.24) is 0 Å². The lowest BCUT2D eigenvalue weighted by molar-refractivity contribution is 0.590. The Morgan fingerprint density at radius 3 is 1.24 bits per heavy atom. The van der Waals surface area contributed by atoms with Crippen LogP contribution in [-0.2, 0) is 21.7 Å². The summed E-state index contributed by atoms with van der Waals surface area (Å²) >= 11 is 0. The number of nitrogens with zero attached hydrogens (tertiary/aromatic N) is 3. The van der Waals surface area contributed by atoms with Crippen molar-refractivity contribution in [2.75, 3.05) is 14.7 Å². The molecule has 432 valence electrons. The van der Waals surface area contributed by atoms with Crippen molar-refractivity contribution in [3.05, 3.63) is 253 Å². The summed E-state index contributed by atoms with van der Waals surface area (Å²) in [7, 11) is 0. The highest BCUT2D eigenvalue weighted by atomic mass is 16.3. The average molecular weight is 1140 g/mol. The molecule has 0 amide bonds. The molecule has 0 aliphatic carbocycles. The van der Waals surface area contributed by atoms with Crippen LogP contribution in [-0.4, -0.2) is 6.71 Å². The first kappa shape index (κ1) is 55.1. The lowest BCUT2D eigenvalue weighted by Gasteiger charge is -2.45. The van der Waals surface area contributed by atoms with Crippen LogP contribution in [0, 0.1) is 0 Å². The summed E-state index contributed by atoms with van der Waals surface area (Å²) in [6.07, 6.45) is 0. The fourth-order valence-electron chi connectivity index (χ4n) is 13.9. The maximum atomic E-state index is 6.57. The van der Waals surface area contributed by atoms with E-state index in [4.69, 9.17) is 8.83 Å². The summed E-state index contributed by atoms with van der Waals surface area (Å²) in [6, 6.07) is 86.4. The quantitative estimate of drug-likeness (QED) is 0.149. The zero-order valence-corrected chi connectivity index (χ0v) is 52.7. The van der Waals surface area contributed by atoms with Gasteiger partial charge in [-0.15, -0.1) is 0 Å². The Labute approximate surface area is 518 Å². The van der Waals surface area contributed by atoms with Crippen LogP contribution in [0.2, 0.25) is 0 Å². The van der Waals surface area contributed by atoms with E-state index in [0.29, 0.717) is 0 Å². The van der Waals surface area contributed by atoms with Crippen LogP contribution in [0.15, 0.2) is 239 Å². The minimum atomic E-state index is -0.210. The van der Waals surface area contributed by atoms with E-state index in [9.17, 15) is 0 Å². The van der Waals surface area contributed by atoms with Crippen LogP contribution in [0.1, 0.15) is 105 Å². The highest BCUT2D eigenvalue weighted by Crippen LogP contribution is 2.50. The topological polar surface area (TPSA) is 36.0 Å². The Morgan fingerprint density at radius 1 is 0.318 bits per heavy atom. The number of anilines is 9. The molecule has 0 spiro atoms. The lowest BCUT2D eigenvalue weighted by atomic mass is 9.33. The minimum absolute atomic E-state index is 0.00423. The largest absolute Gasteiger partial charge is 0.456 e. The van der Waals surface area contributed by atoms with Crippen LogP contribution in [0.5, 0.6) is 0 Å². The van der Waals surface area contributed by atoms with Gasteiger partial charge in [0.1, 0.15) is 22.3 Å². The number of para-hydroxylation sites is 2. The maximum absolute atomic E-state index is 6.57. The van der Waals surface area contributed by atoms with Gasteiger partial charge in [-0.1, -0.05) is 210 Å². The van der Waals surface area contributed by atoms with Gasteiger partial charge in [0.2, 0.25) is 0 Å². The van der Waals surface area contributed by atoms with E-state index in [1.165, 1.54) is 50.0 Å². The van der Waals surface area contributed by atoms with E-state index < -0.39 is 0 Å². The third-order valence-electron chi connectivity index (χ3n) is 18.7. The van der Waals surface area contributed by atoms with E-state index >= 15 is 0 Å². The zero-order valence-electron chi connectivity index (χ0n) is 52.7. The van der Waals surface area contributed by atoms with Crippen molar-refractivity contribution < 1.29 is 8.83 Å². The Hall–Kier alpha value is -9.52. The minimum Gasteiger partial charge on any atom is -0.456 e. The summed E-state index contributed by atoms with van der Waals surface area (Å²) in [5.74, 6) is 0. The Morgan fingerprint density at radius 2 is 0.739 bits per heavy atom. The van der Waals surface area contributed by atoms with Gasteiger partial charge in [-0.05, 0) is 186 Å². The average Bonchev–Trinajstić information content (AvgIpc) is 2.42. The van der Waals surface area contributed by atoms with E-state index in [1.54, 1.807) is 0 Å². The molecule has 4 heterocycles. The summed E-state index contributed by atoms with van der Waals surface area (Å²) in [5, 5.41) is 4.50. The van der Waals surface area contributed by atoms with E-state index in [0.717, 1.165) is 106 Å². The van der Waals surface area contributed by atoms with Crippen molar-refractivity contribution in [2.45, 2.75) is 105 Å². The Kier molecular flexibility index (Phi) is 12.5. The van der Waals surface area contributed by atoms with Gasteiger partial charge in [0.15, 0.2) is 0 Å². The van der Waals surface area contributed by atoms with Gasteiger partial charge in [-0.25, -0.2) is 0 Å². The van der Waals surface area contributed by atoms with Crippen LogP contribution in [0.4, 0.5) is 51.2 Å². The number of hydrogen-bond donors (Lipinski definition) is 0. The number of fused-ring (bicyclic) bond motifs is 10. The molecular weight excluding hydrogens is 1070 g/mol. The molecule has 11 aromatic carbocycles. The third-order valence-corrected chi connectivity index (χ3v) is 18.7. The van der Waals surface area contributed by atoms with Crippen molar-refractivity contribution in [3.63, 3.8) is 0 Å². The third kappa shape index (κ3) is 9.13. The number of rotatable bonds is 7. The van der Waals surface area contributed by atoms with Gasteiger partial charge in [-0.3, -0.25) is 0 Å². The van der Waals surface area contributed by atoms with E-state index in [1.807, 2.05) is 6.07 Å². The highest BCUT2D eigenvalue weighted by molar-refractivity contribution is 7.00. The second kappa shape index (κ2) is 20.0. The second-order valence-electron chi connectivity index (χ2n) is 28.6. The highest BCUT2D eigenvalue weighted by Gasteiger charge is 2.45. The van der Waals surface area contributed by atoms with Gasteiger partial charge in [0.25, 0.3) is 6.71 Å². The van der Waals surface area contributed by atoms with Gasteiger partial charge in [-0.2, -0.15) is 0 Å². The number of furan rings is 2. The van der Waals surface area contributed by atoms with Crippen LogP contribution in [0.25, 0.3) is 66.1 Å². The second-order valence-corrected chi connectivity index (χ2v) is 28.6. The van der Waals surface area contributed by atoms with E-state index in [-0.39, 0.29) is 28.4 Å². The van der Waals surface area contributed by atoms with E-state index in [2.05, 4.69) is 322 Å². The Bertz CT molecular complexity index is 4830. The molecule has 0 N–H and O–H groups in total. The Balaban J connectivity index is 0.998. The monoisotopic (exact) mass is 1140 g/mol. The van der Waals surface area contributed by atoms with Crippen LogP contribution in [0.3, 0.4) is 0 Å². The molecule has 13 aromatic rings. The first-order valence-electron chi connectivity index (χ1n) is 31.3. The van der Waals surface area contributed by atoms with Crippen LogP contribution < -0.4 is 31.1 Å². The van der Waals surface area contributed by atoms with Gasteiger partial charge in [0, 0.05) is 72.7 Å². The first-order valence-corrected chi connectivity index (χ1v) is 31.3. The SMILES string of the molecule is CC(C)(C)c1ccc(N(c2ccc(C(C)(C)C)cc2)c2ccc3c(c2)N(c2ccc(C(C)(C)C)cc2)c2cc(C(C)(C)C)cc4c2B3c2cc(-c3cccc5oc6ccccc6c35)ccc2N4c2ccc(-c3cccc4oc5ccccc5c34)cc2)cc1. The zero-order chi connectivity index (χ0) is 60.8. The molecule has 2 aliphatic rings. The molecule has 0 unspecified atom stereocenters. The summed E-state index contributed by atoms with van der Waals surface area (Å²) < 4.78 is 13.0. The molecule has 0 saturated heterocycles. The summed E-state index contributed by atoms with van der Waals surface area (Å²) in [6.45, 7) is 27.6. The van der Waals surface area contributed by atoms with Crippen molar-refractivity contribution in [2.24, 2.45) is 0 Å². The fourth-order valence-corrected chi connectivity index (χ4v) is 13.9. The molecule has 0 saturated carbocycles. The molecular formula is C82H74BN3O2. The number of hydrogen-bond acceptors (Lipinski definition) is 5. The maximum Gasteiger partial charge on any atom is 0.252 e. The standard InChI is InChI=1S/C82H74BN3O2/c1-79(2,3)53-30-38-57(39-31-53)84(58-40-32-54(33-41-58)80(4,5)6)61-44-45-66-69(50-61)86(60-42-34-55(35-43-60)81(7,8)9)71-49-56(82(10,11)12)48-70-78(71)83(66)67-47-52(63-22-18-26-75-77(63)65-20-14-16-24-73(65)88-75)29-46-68(67)85(70)59-36-27-51(28-37-59)62-21-17-25-74-76(62)64-19-13-15-23-72(64)87-74/h13-50H,1-12H3.